The second kappa shape index (κ2) is 8.73. The highest BCUT2D eigenvalue weighted by atomic mass is 19.4. The highest BCUT2D eigenvalue weighted by Gasteiger charge is 2.35. The van der Waals surface area contributed by atoms with E-state index >= 15 is 0 Å². The first-order valence-corrected chi connectivity index (χ1v) is 6.95. The average Bonchev–Trinajstić information content (AvgIpc) is 2.56. The van der Waals surface area contributed by atoms with Crippen LogP contribution in [0.4, 0.5) is 30.2 Å². The maximum atomic E-state index is 12.9. The van der Waals surface area contributed by atoms with Gasteiger partial charge < -0.3 is 4.74 Å². The van der Waals surface area contributed by atoms with E-state index in [4.69, 9.17) is 0 Å². The number of carbonyl (C=O) groups excluding carboxylic acids is 1. The Morgan fingerprint density at radius 3 is 2.38 bits per heavy atom. The van der Waals surface area contributed by atoms with Gasteiger partial charge in [0.1, 0.15) is 11.4 Å². The third-order valence-electron chi connectivity index (χ3n) is 3.05. The molecule has 10 nitrogen and oxygen atoms in total. The molecule has 0 heterocycles. The van der Waals surface area contributed by atoms with Crippen LogP contribution in [0.1, 0.15) is 19.3 Å². The lowest BCUT2D eigenvalue weighted by Crippen LogP contribution is -2.24. The Balaban J connectivity index is 3.03. The number of ether oxygens (including phenoxy) is 1. The predicted octanol–water partition coefficient (Wildman–Crippen LogP) is 3.18. The Kier molecular flexibility index (Phi) is 6.98. The zero-order chi connectivity index (χ0) is 19.9. The number of nitro groups is 2. The van der Waals surface area contributed by atoms with Crippen molar-refractivity contribution in [3.8, 4) is 0 Å². The minimum Gasteiger partial charge on any atom is -0.469 e. The van der Waals surface area contributed by atoms with Gasteiger partial charge in [0.15, 0.2) is 0 Å². The first-order valence-electron chi connectivity index (χ1n) is 6.95. The third-order valence-corrected chi connectivity index (χ3v) is 3.05. The van der Waals surface area contributed by atoms with Gasteiger partial charge >= 0.3 is 17.8 Å². The summed E-state index contributed by atoms with van der Waals surface area (Å²) in [6, 6.07) is 2.36. The van der Waals surface area contributed by atoms with E-state index in [-0.39, 0.29) is 12.8 Å². The maximum Gasteiger partial charge on any atom is 0.431 e. The second-order valence-corrected chi connectivity index (χ2v) is 4.81. The Morgan fingerprint density at radius 1 is 1.23 bits per heavy atom. The number of benzene rings is 1. The minimum absolute atomic E-state index is 0.199. The van der Waals surface area contributed by atoms with E-state index in [0.29, 0.717) is 6.07 Å². The van der Waals surface area contributed by atoms with E-state index in [9.17, 15) is 38.2 Å². The largest absolute Gasteiger partial charge is 0.469 e. The van der Waals surface area contributed by atoms with Gasteiger partial charge in [0.25, 0.3) is 5.69 Å². The number of hydrazone groups is 1. The predicted molar refractivity (Wildman–Crippen MR) is 82.7 cm³/mol. The van der Waals surface area contributed by atoms with Gasteiger partial charge in [0, 0.05) is 12.5 Å². The smallest absolute Gasteiger partial charge is 0.431 e. The molecule has 0 atom stereocenters. The Labute approximate surface area is 143 Å². The van der Waals surface area contributed by atoms with Crippen molar-refractivity contribution in [2.75, 3.05) is 12.5 Å². The molecule has 0 saturated heterocycles. The maximum absolute atomic E-state index is 12.9. The van der Waals surface area contributed by atoms with Crippen LogP contribution in [0.15, 0.2) is 23.3 Å². The molecule has 1 N–H and O–H groups in total. The lowest BCUT2D eigenvalue weighted by molar-refractivity contribution is -0.393. The van der Waals surface area contributed by atoms with Crippen LogP contribution in [0, 0.1) is 20.2 Å². The van der Waals surface area contributed by atoms with Crippen LogP contribution in [-0.2, 0) is 9.53 Å². The number of rotatable bonds is 8. The lowest BCUT2D eigenvalue weighted by atomic mass is 10.1. The summed E-state index contributed by atoms with van der Waals surface area (Å²) in [4.78, 5) is 30.6. The van der Waals surface area contributed by atoms with Gasteiger partial charge in [-0.1, -0.05) is 0 Å². The second-order valence-electron chi connectivity index (χ2n) is 4.81. The molecule has 0 aliphatic heterocycles. The number of halogens is 3. The highest BCUT2D eigenvalue weighted by Crippen LogP contribution is 2.29. The molecule has 0 bridgehead atoms. The molecule has 1 aromatic carbocycles. The van der Waals surface area contributed by atoms with Gasteiger partial charge in [-0.15, -0.1) is 0 Å². The molecular formula is C13H13F3N4O6. The van der Waals surface area contributed by atoms with Crippen LogP contribution in [0.25, 0.3) is 0 Å². The van der Waals surface area contributed by atoms with Crippen molar-refractivity contribution in [3.05, 3.63) is 38.4 Å². The molecule has 0 aliphatic rings. The first kappa shape index (κ1) is 20.8. The molecule has 1 rings (SSSR count). The monoisotopic (exact) mass is 378 g/mol. The van der Waals surface area contributed by atoms with Crippen molar-refractivity contribution in [1.82, 2.24) is 0 Å². The number of alkyl halides is 3. The minimum atomic E-state index is -4.83. The van der Waals surface area contributed by atoms with Crippen molar-refractivity contribution in [3.63, 3.8) is 0 Å². The summed E-state index contributed by atoms with van der Waals surface area (Å²) in [6.07, 6.45) is -5.93. The molecule has 26 heavy (non-hydrogen) atoms. The molecule has 13 heteroatoms. The van der Waals surface area contributed by atoms with Crippen molar-refractivity contribution < 1.29 is 32.5 Å². The fourth-order valence-electron chi connectivity index (χ4n) is 1.77. The number of carbonyl (C=O) groups is 1. The fourth-order valence-corrected chi connectivity index (χ4v) is 1.77. The van der Waals surface area contributed by atoms with Gasteiger partial charge in [-0.25, -0.2) is 0 Å². The number of hydrogen-bond donors (Lipinski definition) is 1. The first-order chi connectivity index (χ1) is 12.1. The number of anilines is 1. The lowest BCUT2D eigenvalue weighted by Gasteiger charge is -2.11. The molecule has 142 valence electrons. The highest BCUT2D eigenvalue weighted by molar-refractivity contribution is 5.90. The van der Waals surface area contributed by atoms with Crippen molar-refractivity contribution in [2.45, 2.75) is 25.4 Å². The van der Waals surface area contributed by atoms with Gasteiger partial charge in [0.2, 0.25) is 0 Å². The summed E-state index contributed by atoms with van der Waals surface area (Å²) in [5.41, 5.74) is -1.24. The molecule has 0 amide bonds. The van der Waals surface area contributed by atoms with Crippen LogP contribution in [0.3, 0.4) is 0 Å². The van der Waals surface area contributed by atoms with Crippen LogP contribution in [-0.4, -0.2) is 34.8 Å². The molecule has 0 aromatic heterocycles. The number of non-ortho nitro benzene ring substituents is 1. The van der Waals surface area contributed by atoms with E-state index in [1.807, 2.05) is 5.43 Å². The van der Waals surface area contributed by atoms with Crippen LogP contribution < -0.4 is 5.43 Å². The molecule has 0 fully saturated rings. The summed E-state index contributed by atoms with van der Waals surface area (Å²) in [5.74, 6) is -0.689. The third kappa shape index (κ3) is 5.99. The van der Waals surface area contributed by atoms with Crippen molar-refractivity contribution >= 4 is 28.7 Å². The van der Waals surface area contributed by atoms with E-state index in [1.165, 1.54) is 0 Å². The van der Waals surface area contributed by atoms with Gasteiger partial charge in [-0.3, -0.25) is 30.4 Å². The molecule has 0 aliphatic carbocycles. The standard InChI is InChI=1S/C13H13F3N4O6/c1-26-12(21)4-2-3-11(13(14,15)16)18-17-9-6-5-8(19(22)23)7-10(9)20(24)25/h5-7,17H,2-4H2,1H3/b18-11-. The van der Waals surface area contributed by atoms with Crippen LogP contribution in [0.2, 0.25) is 0 Å². The molecular weight excluding hydrogens is 365 g/mol. The summed E-state index contributed by atoms with van der Waals surface area (Å²) < 4.78 is 43.2. The number of nitrogens with one attached hydrogen (secondary N) is 1. The topological polar surface area (TPSA) is 137 Å². The Hall–Kier alpha value is -3.25. The van der Waals surface area contributed by atoms with Gasteiger partial charge in [-0.05, 0) is 18.9 Å². The van der Waals surface area contributed by atoms with E-state index in [2.05, 4.69) is 9.84 Å². The van der Waals surface area contributed by atoms with Crippen molar-refractivity contribution in [2.24, 2.45) is 5.10 Å². The molecule has 0 spiro atoms. The summed E-state index contributed by atoms with van der Waals surface area (Å²) in [7, 11) is 1.09. The van der Waals surface area contributed by atoms with E-state index < -0.39 is 51.2 Å². The SMILES string of the molecule is COC(=O)CCC/C(=N/Nc1ccc([N+](=O)[O-])cc1[N+](=O)[O-])C(F)(F)F. The van der Waals surface area contributed by atoms with Crippen LogP contribution >= 0.6 is 0 Å². The van der Waals surface area contributed by atoms with Gasteiger partial charge in [-0.2, -0.15) is 18.3 Å². The molecule has 0 unspecified atom stereocenters. The van der Waals surface area contributed by atoms with Crippen molar-refractivity contribution in [1.29, 1.82) is 0 Å². The Bertz CT molecular complexity index is 735. The van der Waals surface area contributed by atoms with E-state index in [1.54, 1.807) is 0 Å². The number of hydrogen-bond acceptors (Lipinski definition) is 8. The molecule has 1 aromatic rings. The van der Waals surface area contributed by atoms with Gasteiger partial charge in [0.05, 0.1) is 23.0 Å². The number of methoxy groups -OCH3 is 1. The number of nitrogens with zero attached hydrogens (tertiary/aromatic N) is 3. The number of esters is 1. The zero-order valence-corrected chi connectivity index (χ0v) is 13.3. The van der Waals surface area contributed by atoms with E-state index in [0.717, 1.165) is 19.2 Å². The summed E-state index contributed by atoms with van der Waals surface area (Å²) in [5, 5.41) is 24.7. The molecule has 0 radical (unpaired) electrons. The summed E-state index contributed by atoms with van der Waals surface area (Å²) in [6.45, 7) is 0. The normalized spacial score (nSPS) is 11.8. The number of nitro benzene ring substituents is 2. The Morgan fingerprint density at radius 2 is 1.88 bits per heavy atom. The summed E-state index contributed by atoms with van der Waals surface area (Å²) >= 11 is 0. The fraction of sp³-hybridized carbons (Fsp3) is 0.385. The molecule has 0 saturated carbocycles. The van der Waals surface area contributed by atoms with Crippen LogP contribution in [0.5, 0.6) is 0 Å². The quantitative estimate of drug-likeness (QED) is 0.317. The zero-order valence-electron chi connectivity index (χ0n) is 13.3. The average molecular weight is 378 g/mol.